The van der Waals surface area contributed by atoms with Crippen molar-refractivity contribution in [3.8, 4) is 10.6 Å². The highest BCUT2D eigenvalue weighted by Crippen LogP contribution is 2.31. The zero-order valence-electron chi connectivity index (χ0n) is 17.4. The molecule has 2 N–H and O–H groups in total. The van der Waals surface area contributed by atoms with Crippen molar-refractivity contribution in [3.63, 3.8) is 0 Å². The number of hydrogen-bond donors (Lipinski definition) is 2. The number of amides is 1. The van der Waals surface area contributed by atoms with E-state index in [4.69, 9.17) is 12.2 Å². The highest BCUT2D eigenvalue weighted by atomic mass is 32.1. The second kappa shape index (κ2) is 9.68. The molecule has 0 unspecified atom stereocenters. The highest BCUT2D eigenvalue weighted by molar-refractivity contribution is 7.80. The van der Waals surface area contributed by atoms with Gasteiger partial charge in [0.2, 0.25) is 5.91 Å². The molecule has 0 aliphatic heterocycles. The molecule has 0 aliphatic carbocycles. The molecule has 0 bridgehead atoms. The Balaban J connectivity index is 1.35. The van der Waals surface area contributed by atoms with Crippen LogP contribution < -0.4 is 10.6 Å². The van der Waals surface area contributed by atoms with Gasteiger partial charge in [-0.25, -0.2) is 4.98 Å². The normalized spacial score (nSPS) is 10.9. The van der Waals surface area contributed by atoms with Crippen LogP contribution in [0.3, 0.4) is 0 Å². The van der Waals surface area contributed by atoms with Gasteiger partial charge in [0.25, 0.3) is 5.69 Å². The molecule has 0 saturated heterocycles. The Labute approximate surface area is 198 Å². The summed E-state index contributed by atoms with van der Waals surface area (Å²) in [4.78, 5) is 27.2. The van der Waals surface area contributed by atoms with Crippen LogP contribution in [-0.2, 0) is 4.79 Å². The molecule has 3 aromatic carbocycles. The van der Waals surface area contributed by atoms with Crippen LogP contribution in [0.25, 0.3) is 26.9 Å². The van der Waals surface area contributed by atoms with E-state index in [-0.39, 0.29) is 10.8 Å². The van der Waals surface area contributed by atoms with Gasteiger partial charge in [0, 0.05) is 29.5 Å². The minimum absolute atomic E-state index is 0.0425. The predicted octanol–water partition coefficient (Wildman–Crippen LogP) is 5.71. The minimum atomic E-state index is -0.487. The largest absolute Gasteiger partial charge is 0.332 e. The Morgan fingerprint density at radius 3 is 2.67 bits per heavy atom. The van der Waals surface area contributed by atoms with Gasteiger partial charge in [0.15, 0.2) is 5.11 Å². The van der Waals surface area contributed by atoms with Crippen LogP contribution in [0.4, 0.5) is 11.4 Å². The van der Waals surface area contributed by atoms with E-state index >= 15 is 0 Å². The lowest BCUT2D eigenvalue weighted by molar-refractivity contribution is -0.384. The molecule has 9 heteroatoms. The number of non-ortho nitro benzene ring substituents is 1. The molecule has 0 spiro atoms. The number of nitro benzene ring substituents is 1. The van der Waals surface area contributed by atoms with Gasteiger partial charge in [0.05, 0.1) is 15.1 Å². The van der Waals surface area contributed by atoms with Gasteiger partial charge in [-0.05, 0) is 72.7 Å². The Bertz CT molecular complexity index is 1390. The summed E-state index contributed by atoms with van der Waals surface area (Å²) < 4.78 is 1.15. The van der Waals surface area contributed by atoms with Crippen molar-refractivity contribution in [2.45, 2.75) is 6.92 Å². The van der Waals surface area contributed by atoms with Crippen LogP contribution in [0.5, 0.6) is 0 Å². The third-order valence-corrected chi connectivity index (χ3v) is 5.95. The third-order valence-electron chi connectivity index (χ3n) is 4.68. The van der Waals surface area contributed by atoms with Crippen molar-refractivity contribution in [2.75, 3.05) is 5.32 Å². The molecule has 1 heterocycles. The first-order valence-electron chi connectivity index (χ1n) is 9.89. The molecule has 1 amide bonds. The first-order chi connectivity index (χ1) is 15.9. The van der Waals surface area contributed by atoms with Crippen LogP contribution >= 0.6 is 23.6 Å². The van der Waals surface area contributed by atoms with Crippen molar-refractivity contribution in [3.05, 3.63) is 94.0 Å². The van der Waals surface area contributed by atoms with E-state index in [2.05, 4.69) is 28.6 Å². The molecule has 7 nitrogen and oxygen atoms in total. The molecule has 33 heavy (non-hydrogen) atoms. The van der Waals surface area contributed by atoms with E-state index in [1.54, 1.807) is 23.5 Å². The maximum absolute atomic E-state index is 12.1. The number of thiocarbonyl (C=S) groups is 1. The molecular weight excluding hydrogens is 456 g/mol. The van der Waals surface area contributed by atoms with Gasteiger partial charge in [-0.1, -0.05) is 18.2 Å². The van der Waals surface area contributed by atoms with E-state index in [9.17, 15) is 14.9 Å². The molecular formula is C24H18N4O3S2. The Morgan fingerprint density at radius 1 is 1.12 bits per heavy atom. The summed E-state index contributed by atoms with van der Waals surface area (Å²) in [6.45, 7) is 2.06. The van der Waals surface area contributed by atoms with Crippen molar-refractivity contribution in [2.24, 2.45) is 0 Å². The second-order valence-corrected chi connectivity index (χ2v) is 8.64. The van der Waals surface area contributed by atoms with Crippen LogP contribution in [0.2, 0.25) is 0 Å². The second-order valence-electron chi connectivity index (χ2n) is 7.20. The number of benzene rings is 3. The summed E-state index contributed by atoms with van der Waals surface area (Å²) in [6.07, 6.45) is 2.75. The first kappa shape index (κ1) is 22.3. The van der Waals surface area contributed by atoms with Crippen molar-refractivity contribution in [1.82, 2.24) is 10.3 Å². The van der Waals surface area contributed by atoms with E-state index in [1.807, 2.05) is 36.4 Å². The molecule has 4 aromatic rings. The fraction of sp³-hybridized carbons (Fsp3) is 0.0417. The number of nitro groups is 1. The number of aromatic nitrogens is 1. The van der Waals surface area contributed by atoms with Gasteiger partial charge < -0.3 is 5.32 Å². The highest BCUT2D eigenvalue weighted by Gasteiger charge is 2.08. The molecule has 0 atom stereocenters. The van der Waals surface area contributed by atoms with Gasteiger partial charge in [-0.3, -0.25) is 20.2 Å². The van der Waals surface area contributed by atoms with E-state index in [0.717, 1.165) is 26.5 Å². The third kappa shape index (κ3) is 5.65. The first-order valence-corrected chi connectivity index (χ1v) is 11.1. The molecule has 4 rings (SSSR count). The molecule has 1 aromatic heterocycles. The summed E-state index contributed by atoms with van der Waals surface area (Å²) in [5, 5.41) is 17.4. The van der Waals surface area contributed by atoms with Crippen LogP contribution in [0.15, 0.2) is 72.8 Å². The average molecular weight is 475 g/mol. The minimum Gasteiger partial charge on any atom is -0.332 e. The number of fused-ring (bicyclic) bond motifs is 1. The molecule has 164 valence electrons. The standard InChI is InChI=1S/C24H18N4O3S2/c1-15-5-11-20-21(13-15)33-23(26-20)17-7-9-18(10-8-17)25-24(32)27-22(29)12-6-16-3-2-4-19(14-16)28(30)31/h2-14H,1H3,(H2,25,27,29,32)/b12-6+. The van der Waals surface area contributed by atoms with Crippen molar-refractivity contribution in [1.29, 1.82) is 0 Å². The number of nitrogens with one attached hydrogen (secondary N) is 2. The zero-order valence-corrected chi connectivity index (χ0v) is 19.1. The number of aryl methyl sites for hydroxylation is 1. The quantitative estimate of drug-likeness (QED) is 0.167. The lowest BCUT2D eigenvalue weighted by Gasteiger charge is -2.08. The maximum atomic E-state index is 12.1. The number of rotatable bonds is 5. The number of carbonyl (C=O) groups is 1. The van der Waals surface area contributed by atoms with Crippen LogP contribution in [-0.4, -0.2) is 20.9 Å². The Morgan fingerprint density at radius 2 is 1.91 bits per heavy atom. The smallest absolute Gasteiger partial charge is 0.270 e. The van der Waals surface area contributed by atoms with Crippen molar-refractivity contribution >= 4 is 62.2 Å². The lowest BCUT2D eigenvalue weighted by atomic mass is 10.2. The lowest BCUT2D eigenvalue weighted by Crippen LogP contribution is -2.32. The Hall–Kier alpha value is -3.95. The van der Waals surface area contributed by atoms with Gasteiger partial charge in [-0.15, -0.1) is 11.3 Å². The fourth-order valence-electron chi connectivity index (χ4n) is 3.08. The van der Waals surface area contributed by atoms with Crippen LogP contribution in [0, 0.1) is 17.0 Å². The Kier molecular flexibility index (Phi) is 6.53. The molecule has 0 fully saturated rings. The summed E-state index contributed by atoms with van der Waals surface area (Å²) >= 11 is 6.84. The number of carbonyl (C=O) groups excluding carboxylic acids is 1. The van der Waals surface area contributed by atoms with E-state index < -0.39 is 10.8 Å². The van der Waals surface area contributed by atoms with Crippen molar-refractivity contribution < 1.29 is 9.72 Å². The summed E-state index contributed by atoms with van der Waals surface area (Å²) in [7, 11) is 0. The predicted molar refractivity (Wildman–Crippen MR) is 136 cm³/mol. The van der Waals surface area contributed by atoms with Gasteiger partial charge >= 0.3 is 0 Å². The van der Waals surface area contributed by atoms with Crippen LogP contribution in [0.1, 0.15) is 11.1 Å². The van der Waals surface area contributed by atoms with E-state index in [0.29, 0.717) is 5.56 Å². The molecule has 0 radical (unpaired) electrons. The summed E-state index contributed by atoms with van der Waals surface area (Å²) in [6, 6.07) is 19.8. The summed E-state index contributed by atoms with van der Waals surface area (Å²) in [5.41, 5.74) is 4.40. The maximum Gasteiger partial charge on any atom is 0.270 e. The average Bonchev–Trinajstić information content (AvgIpc) is 3.21. The molecule has 0 aliphatic rings. The summed E-state index contributed by atoms with van der Waals surface area (Å²) in [5.74, 6) is -0.444. The van der Waals surface area contributed by atoms with Gasteiger partial charge in [0.1, 0.15) is 5.01 Å². The number of thiazole rings is 1. The van der Waals surface area contributed by atoms with E-state index in [1.165, 1.54) is 29.8 Å². The number of hydrogen-bond acceptors (Lipinski definition) is 6. The topological polar surface area (TPSA) is 97.2 Å². The monoisotopic (exact) mass is 474 g/mol. The SMILES string of the molecule is Cc1ccc2nc(-c3ccc(NC(=S)NC(=O)/C=C/c4cccc([N+](=O)[O-])c4)cc3)sc2c1. The fourth-order valence-corrected chi connectivity index (χ4v) is 4.37. The van der Waals surface area contributed by atoms with Gasteiger partial charge in [-0.2, -0.15) is 0 Å². The zero-order chi connectivity index (χ0) is 23.4. The number of nitrogens with zero attached hydrogens (tertiary/aromatic N) is 2. The molecule has 0 saturated carbocycles. The number of anilines is 1.